The summed E-state index contributed by atoms with van der Waals surface area (Å²) < 4.78 is 0.872. The molecule has 2 rings (SSSR count). The van der Waals surface area contributed by atoms with Crippen LogP contribution in [0.3, 0.4) is 0 Å². The fourth-order valence-electron chi connectivity index (χ4n) is 1.85. The third-order valence-corrected chi connectivity index (χ3v) is 3.86. The first-order valence-corrected chi connectivity index (χ1v) is 7.43. The van der Waals surface area contributed by atoms with Crippen LogP contribution in [0.1, 0.15) is 31.0 Å². The van der Waals surface area contributed by atoms with Crippen molar-refractivity contribution >= 4 is 33.3 Å². The summed E-state index contributed by atoms with van der Waals surface area (Å²) in [6.07, 6.45) is 2.70. The van der Waals surface area contributed by atoms with Crippen molar-refractivity contribution in [3.05, 3.63) is 57.2 Å². The van der Waals surface area contributed by atoms with E-state index in [9.17, 15) is 0 Å². The summed E-state index contributed by atoms with van der Waals surface area (Å²) in [5, 5.41) is 4.00. The lowest BCUT2D eigenvalue weighted by atomic mass is 10.1. The van der Waals surface area contributed by atoms with E-state index in [0.717, 1.165) is 16.7 Å². The maximum atomic E-state index is 5.88. The van der Waals surface area contributed by atoms with Crippen LogP contribution in [0.2, 0.25) is 5.02 Å². The average molecular weight is 340 g/mol. The molecule has 2 nitrogen and oxygen atoms in total. The fraction of sp³-hybridized carbons (Fsp3) is 0.267. The Labute approximate surface area is 127 Å². The minimum Gasteiger partial charge on any atom is -0.363 e. The number of pyridine rings is 1. The third-order valence-electron chi connectivity index (χ3n) is 3.05. The predicted molar refractivity (Wildman–Crippen MR) is 84.8 cm³/mol. The molecule has 0 radical (unpaired) electrons. The van der Waals surface area contributed by atoms with Gasteiger partial charge in [0.1, 0.15) is 5.82 Å². The Balaban J connectivity index is 2.13. The van der Waals surface area contributed by atoms with E-state index in [0.29, 0.717) is 5.02 Å². The first kappa shape index (κ1) is 14.4. The minimum atomic E-state index is 0.191. The average Bonchev–Trinajstić information content (AvgIpc) is 2.42. The van der Waals surface area contributed by atoms with Crippen molar-refractivity contribution in [3.63, 3.8) is 0 Å². The monoisotopic (exact) mass is 338 g/mol. The molecule has 0 spiro atoms. The lowest BCUT2D eigenvalue weighted by Crippen LogP contribution is -2.08. The Morgan fingerprint density at radius 3 is 2.58 bits per heavy atom. The summed E-state index contributed by atoms with van der Waals surface area (Å²) in [5.41, 5.74) is 2.59. The molecule has 4 heteroatoms. The summed E-state index contributed by atoms with van der Waals surface area (Å²) in [7, 11) is 0. The Kier molecular flexibility index (Phi) is 4.83. The highest BCUT2D eigenvalue weighted by atomic mass is 79.9. The Hall–Kier alpha value is -1.06. The molecule has 1 aromatic heterocycles. The van der Waals surface area contributed by atoms with Gasteiger partial charge in [-0.15, -0.1) is 0 Å². The van der Waals surface area contributed by atoms with Gasteiger partial charge in [-0.3, -0.25) is 0 Å². The van der Waals surface area contributed by atoms with Gasteiger partial charge in [0, 0.05) is 12.2 Å². The number of hydrogen-bond donors (Lipinski definition) is 1. The second kappa shape index (κ2) is 6.40. The van der Waals surface area contributed by atoms with Gasteiger partial charge in [0.25, 0.3) is 0 Å². The molecule has 1 atom stereocenters. The van der Waals surface area contributed by atoms with Crippen molar-refractivity contribution < 1.29 is 0 Å². The van der Waals surface area contributed by atoms with E-state index in [1.165, 1.54) is 11.1 Å². The lowest BCUT2D eigenvalue weighted by molar-refractivity contribution is 0.871. The fourth-order valence-corrected chi connectivity index (χ4v) is 2.60. The van der Waals surface area contributed by atoms with Gasteiger partial charge >= 0.3 is 0 Å². The molecule has 19 heavy (non-hydrogen) atoms. The van der Waals surface area contributed by atoms with Gasteiger partial charge in [-0.25, -0.2) is 4.98 Å². The van der Waals surface area contributed by atoms with Gasteiger partial charge < -0.3 is 5.32 Å². The molecule has 2 aromatic rings. The largest absolute Gasteiger partial charge is 0.363 e. The normalized spacial score (nSPS) is 12.2. The molecule has 1 N–H and O–H groups in total. The second-order valence-electron chi connectivity index (χ2n) is 4.45. The van der Waals surface area contributed by atoms with Crippen LogP contribution in [0.15, 0.2) is 41.0 Å². The van der Waals surface area contributed by atoms with Crippen molar-refractivity contribution in [1.29, 1.82) is 0 Å². The van der Waals surface area contributed by atoms with Gasteiger partial charge in [-0.2, -0.15) is 0 Å². The summed E-state index contributed by atoms with van der Waals surface area (Å²) in [4.78, 5) is 4.29. The first-order valence-electron chi connectivity index (χ1n) is 6.26. The topological polar surface area (TPSA) is 24.9 Å². The minimum absolute atomic E-state index is 0.191. The standard InChI is InChI=1S/C15H16BrClN2/c1-3-11-4-6-12(7-5-11)10(2)19-15-14(16)8-13(17)9-18-15/h4-10H,3H2,1-2H3,(H,18,19). The molecule has 100 valence electrons. The van der Waals surface area contributed by atoms with E-state index in [-0.39, 0.29) is 6.04 Å². The van der Waals surface area contributed by atoms with Crippen LogP contribution in [0.4, 0.5) is 5.82 Å². The van der Waals surface area contributed by atoms with Crippen LogP contribution in [0, 0.1) is 0 Å². The number of halogens is 2. The van der Waals surface area contributed by atoms with Gasteiger partial charge in [0.2, 0.25) is 0 Å². The first-order chi connectivity index (χ1) is 9.10. The smallest absolute Gasteiger partial charge is 0.140 e. The Bertz CT molecular complexity index is 555. The van der Waals surface area contributed by atoms with E-state index in [2.05, 4.69) is 64.3 Å². The Morgan fingerprint density at radius 1 is 1.32 bits per heavy atom. The van der Waals surface area contributed by atoms with Crippen LogP contribution in [0.5, 0.6) is 0 Å². The maximum Gasteiger partial charge on any atom is 0.140 e. The zero-order valence-corrected chi connectivity index (χ0v) is 13.3. The van der Waals surface area contributed by atoms with Crippen molar-refractivity contribution in [2.75, 3.05) is 5.32 Å². The quantitative estimate of drug-likeness (QED) is 0.824. The van der Waals surface area contributed by atoms with Crippen LogP contribution < -0.4 is 5.32 Å². The number of benzene rings is 1. The van der Waals surface area contributed by atoms with E-state index in [1.807, 2.05) is 6.07 Å². The zero-order chi connectivity index (χ0) is 13.8. The maximum absolute atomic E-state index is 5.88. The molecule has 0 bridgehead atoms. The number of hydrogen-bond acceptors (Lipinski definition) is 2. The highest BCUT2D eigenvalue weighted by molar-refractivity contribution is 9.10. The molecule has 0 aliphatic carbocycles. The molecule has 0 aliphatic heterocycles. The SMILES string of the molecule is CCc1ccc(C(C)Nc2ncc(Cl)cc2Br)cc1. The van der Waals surface area contributed by atoms with E-state index in [1.54, 1.807) is 6.20 Å². The van der Waals surface area contributed by atoms with E-state index >= 15 is 0 Å². The number of rotatable bonds is 4. The van der Waals surface area contributed by atoms with Gasteiger partial charge in [0.05, 0.1) is 9.50 Å². The van der Waals surface area contributed by atoms with Crippen molar-refractivity contribution in [2.45, 2.75) is 26.3 Å². The summed E-state index contributed by atoms with van der Waals surface area (Å²) >= 11 is 9.35. The molecule has 0 saturated heterocycles. The summed E-state index contributed by atoms with van der Waals surface area (Å²) in [6.45, 7) is 4.27. The van der Waals surface area contributed by atoms with Crippen LogP contribution in [-0.4, -0.2) is 4.98 Å². The number of nitrogens with one attached hydrogen (secondary N) is 1. The molecule has 1 unspecified atom stereocenters. The van der Waals surface area contributed by atoms with Gasteiger partial charge in [-0.05, 0) is 46.5 Å². The van der Waals surface area contributed by atoms with E-state index < -0.39 is 0 Å². The Morgan fingerprint density at radius 2 is 2.00 bits per heavy atom. The van der Waals surface area contributed by atoms with Crippen LogP contribution in [0.25, 0.3) is 0 Å². The highest BCUT2D eigenvalue weighted by Crippen LogP contribution is 2.26. The third kappa shape index (κ3) is 3.71. The van der Waals surface area contributed by atoms with Crippen molar-refractivity contribution in [2.24, 2.45) is 0 Å². The summed E-state index contributed by atoms with van der Waals surface area (Å²) in [6, 6.07) is 10.7. The second-order valence-corrected chi connectivity index (χ2v) is 5.74. The van der Waals surface area contributed by atoms with Crippen LogP contribution in [-0.2, 0) is 6.42 Å². The molecule has 0 saturated carbocycles. The number of aryl methyl sites for hydroxylation is 1. The van der Waals surface area contributed by atoms with Gasteiger partial charge in [0.15, 0.2) is 0 Å². The molecule has 1 heterocycles. The van der Waals surface area contributed by atoms with E-state index in [4.69, 9.17) is 11.6 Å². The zero-order valence-electron chi connectivity index (χ0n) is 11.0. The van der Waals surface area contributed by atoms with Crippen molar-refractivity contribution in [1.82, 2.24) is 4.98 Å². The molecule has 0 fully saturated rings. The predicted octanol–water partition coefficient (Wildman–Crippen LogP) is 5.23. The van der Waals surface area contributed by atoms with Crippen LogP contribution >= 0.6 is 27.5 Å². The summed E-state index contributed by atoms with van der Waals surface area (Å²) in [5.74, 6) is 0.802. The number of nitrogens with zero attached hydrogens (tertiary/aromatic N) is 1. The molecule has 1 aromatic carbocycles. The highest BCUT2D eigenvalue weighted by Gasteiger charge is 2.08. The number of anilines is 1. The number of aromatic nitrogens is 1. The lowest BCUT2D eigenvalue weighted by Gasteiger charge is -2.16. The molecule has 0 amide bonds. The molecule has 0 aliphatic rings. The van der Waals surface area contributed by atoms with Gasteiger partial charge in [-0.1, -0.05) is 42.8 Å². The molecular weight excluding hydrogens is 324 g/mol. The van der Waals surface area contributed by atoms with Crippen molar-refractivity contribution in [3.8, 4) is 0 Å². The molecular formula is C15H16BrClN2.